The van der Waals surface area contributed by atoms with Crippen LogP contribution in [0.3, 0.4) is 0 Å². The summed E-state index contributed by atoms with van der Waals surface area (Å²) in [7, 11) is 5.76. The molecule has 7 heteroatoms. The van der Waals surface area contributed by atoms with Crippen molar-refractivity contribution in [2.24, 2.45) is 0 Å². The number of carbonyl (C=O) groups is 1. The Morgan fingerprint density at radius 1 is 1.11 bits per heavy atom. The minimum atomic E-state index is 0.0592. The van der Waals surface area contributed by atoms with Gasteiger partial charge in [-0.2, -0.15) is 0 Å². The van der Waals surface area contributed by atoms with Gasteiger partial charge in [0.2, 0.25) is 0 Å². The number of anilines is 1. The van der Waals surface area contributed by atoms with E-state index in [1.807, 2.05) is 44.2 Å². The number of imidazole rings is 1. The molecule has 0 saturated heterocycles. The molecular weight excluding hydrogens is 354 g/mol. The van der Waals surface area contributed by atoms with Gasteiger partial charge >= 0.3 is 0 Å². The van der Waals surface area contributed by atoms with Crippen LogP contribution in [0.15, 0.2) is 18.3 Å². The topological polar surface area (TPSA) is 53.3 Å². The summed E-state index contributed by atoms with van der Waals surface area (Å²) in [6.45, 7) is 10.8. The second-order valence-corrected chi connectivity index (χ2v) is 7.14. The van der Waals surface area contributed by atoms with Crippen molar-refractivity contribution in [3.63, 3.8) is 0 Å². The molecular formula is C21H35N5O2. The zero-order valence-corrected chi connectivity index (χ0v) is 18.2. The lowest BCUT2D eigenvalue weighted by atomic mass is 10.2. The van der Waals surface area contributed by atoms with Gasteiger partial charge in [-0.1, -0.05) is 6.92 Å². The predicted octanol–water partition coefficient (Wildman–Crippen LogP) is 2.39. The van der Waals surface area contributed by atoms with E-state index in [0.717, 1.165) is 43.2 Å². The van der Waals surface area contributed by atoms with Crippen molar-refractivity contribution in [3.8, 4) is 0 Å². The van der Waals surface area contributed by atoms with E-state index in [9.17, 15) is 4.79 Å². The molecule has 0 radical (unpaired) electrons. The standard InChI is InChI=1S/C21H35N5O2/c1-7-18-20(24(8-2)14-15-28-6)26-16-17(10-11-19(26)22-18)21(27)25(9-3)13-12-23(4)5/h10-11,16H,7-9,12-15H2,1-6H3. The van der Waals surface area contributed by atoms with Crippen LogP contribution in [0.2, 0.25) is 0 Å². The van der Waals surface area contributed by atoms with Crippen LogP contribution >= 0.6 is 0 Å². The van der Waals surface area contributed by atoms with Crippen LogP contribution in [-0.2, 0) is 11.2 Å². The summed E-state index contributed by atoms with van der Waals surface area (Å²) >= 11 is 0. The van der Waals surface area contributed by atoms with Crippen molar-refractivity contribution in [2.45, 2.75) is 27.2 Å². The molecule has 0 bridgehead atoms. The third-order valence-electron chi connectivity index (χ3n) is 4.98. The third-order valence-corrected chi connectivity index (χ3v) is 4.98. The molecule has 0 aliphatic carbocycles. The Balaban J connectivity index is 2.42. The van der Waals surface area contributed by atoms with E-state index in [2.05, 4.69) is 28.0 Å². The summed E-state index contributed by atoms with van der Waals surface area (Å²) in [6, 6.07) is 3.83. The van der Waals surface area contributed by atoms with Crippen molar-refractivity contribution >= 4 is 17.4 Å². The van der Waals surface area contributed by atoms with Crippen molar-refractivity contribution in [2.75, 3.05) is 65.4 Å². The molecule has 0 N–H and O–H groups in total. The number of hydrogen-bond donors (Lipinski definition) is 0. The maximum absolute atomic E-state index is 13.1. The van der Waals surface area contributed by atoms with E-state index in [4.69, 9.17) is 9.72 Å². The van der Waals surface area contributed by atoms with E-state index in [0.29, 0.717) is 25.3 Å². The highest BCUT2D eigenvalue weighted by Gasteiger charge is 2.20. The SMILES string of the molecule is CCc1nc2ccc(C(=O)N(CC)CCN(C)C)cn2c1N(CC)CCOC. The fraction of sp³-hybridized carbons (Fsp3) is 0.619. The summed E-state index contributed by atoms with van der Waals surface area (Å²) < 4.78 is 7.34. The first kappa shape index (κ1) is 22.2. The average Bonchev–Trinajstić information content (AvgIpc) is 3.06. The van der Waals surface area contributed by atoms with Crippen molar-refractivity contribution in [3.05, 3.63) is 29.6 Å². The Kier molecular flexibility index (Phi) is 8.26. The molecule has 0 unspecified atom stereocenters. The lowest BCUT2D eigenvalue weighted by Crippen LogP contribution is -2.36. The number of hydrogen-bond acceptors (Lipinski definition) is 5. The highest BCUT2D eigenvalue weighted by molar-refractivity contribution is 5.94. The molecule has 28 heavy (non-hydrogen) atoms. The first-order valence-corrected chi connectivity index (χ1v) is 10.2. The average molecular weight is 390 g/mol. The Morgan fingerprint density at radius 2 is 1.86 bits per heavy atom. The summed E-state index contributed by atoms with van der Waals surface area (Å²) in [5, 5.41) is 0. The third kappa shape index (κ3) is 5.02. The normalized spacial score (nSPS) is 11.4. The van der Waals surface area contributed by atoms with Crippen LogP contribution in [0.25, 0.3) is 5.65 Å². The maximum Gasteiger partial charge on any atom is 0.255 e. The molecule has 0 fully saturated rings. The van der Waals surface area contributed by atoms with Crippen LogP contribution in [0.1, 0.15) is 36.8 Å². The first-order chi connectivity index (χ1) is 13.5. The predicted molar refractivity (Wildman–Crippen MR) is 114 cm³/mol. The fourth-order valence-corrected chi connectivity index (χ4v) is 3.30. The van der Waals surface area contributed by atoms with Gasteiger partial charge in [-0.25, -0.2) is 4.98 Å². The number of ether oxygens (including phenoxy) is 1. The molecule has 0 aliphatic rings. The van der Waals surface area contributed by atoms with E-state index in [1.165, 1.54) is 0 Å². The molecule has 2 aromatic heterocycles. The number of rotatable bonds is 11. The summed E-state index contributed by atoms with van der Waals surface area (Å²) in [6.07, 6.45) is 2.78. The Morgan fingerprint density at radius 3 is 2.43 bits per heavy atom. The highest BCUT2D eigenvalue weighted by Crippen LogP contribution is 2.24. The van der Waals surface area contributed by atoms with Gasteiger partial charge in [0.15, 0.2) is 0 Å². The second-order valence-electron chi connectivity index (χ2n) is 7.14. The van der Waals surface area contributed by atoms with E-state index in [1.54, 1.807) is 7.11 Å². The van der Waals surface area contributed by atoms with Crippen molar-refractivity contribution < 1.29 is 9.53 Å². The van der Waals surface area contributed by atoms with Gasteiger partial charge in [-0.15, -0.1) is 0 Å². The zero-order valence-electron chi connectivity index (χ0n) is 18.2. The second kappa shape index (κ2) is 10.4. The summed E-state index contributed by atoms with van der Waals surface area (Å²) in [4.78, 5) is 24.1. The molecule has 0 aliphatic heterocycles. The molecule has 0 spiro atoms. The number of likely N-dealkylation sites (N-methyl/N-ethyl adjacent to an activating group) is 3. The molecule has 7 nitrogen and oxygen atoms in total. The Hall–Kier alpha value is -2.12. The van der Waals surface area contributed by atoms with E-state index >= 15 is 0 Å². The number of nitrogens with zero attached hydrogens (tertiary/aromatic N) is 5. The molecule has 156 valence electrons. The van der Waals surface area contributed by atoms with Crippen LogP contribution in [0.4, 0.5) is 5.82 Å². The number of methoxy groups -OCH3 is 1. The van der Waals surface area contributed by atoms with Crippen molar-refractivity contribution in [1.29, 1.82) is 0 Å². The van der Waals surface area contributed by atoms with Gasteiger partial charge in [0.25, 0.3) is 5.91 Å². The van der Waals surface area contributed by atoms with Gasteiger partial charge < -0.3 is 19.4 Å². The zero-order chi connectivity index (χ0) is 20.7. The minimum Gasteiger partial charge on any atom is -0.383 e. The molecule has 2 rings (SSSR count). The smallest absolute Gasteiger partial charge is 0.255 e. The molecule has 0 saturated carbocycles. The highest BCUT2D eigenvalue weighted by atomic mass is 16.5. The molecule has 0 aromatic carbocycles. The van der Waals surface area contributed by atoms with Crippen LogP contribution in [0.5, 0.6) is 0 Å². The quantitative estimate of drug-likeness (QED) is 0.591. The van der Waals surface area contributed by atoms with Gasteiger partial charge in [0.1, 0.15) is 11.5 Å². The van der Waals surface area contributed by atoms with Gasteiger partial charge in [0, 0.05) is 46.0 Å². The Bertz CT molecular complexity index is 771. The number of aryl methyl sites for hydroxylation is 1. The molecule has 0 atom stereocenters. The molecule has 2 aromatic rings. The fourth-order valence-electron chi connectivity index (χ4n) is 3.30. The lowest BCUT2D eigenvalue weighted by molar-refractivity contribution is 0.0753. The first-order valence-electron chi connectivity index (χ1n) is 10.2. The van der Waals surface area contributed by atoms with E-state index in [-0.39, 0.29) is 5.91 Å². The van der Waals surface area contributed by atoms with Crippen LogP contribution in [-0.4, -0.2) is 85.6 Å². The van der Waals surface area contributed by atoms with Gasteiger partial charge in [-0.3, -0.25) is 9.20 Å². The number of fused-ring (bicyclic) bond motifs is 1. The minimum absolute atomic E-state index is 0.0592. The monoisotopic (exact) mass is 389 g/mol. The van der Waals surface area contributed by atoms with Crippen molar-refractivity contribution in [1.82, 2.24) is 19.2 Å². The lowest BCUT2D eigenvalue weighted by Gasteiger charge is -2.24. The molecule has 2 heterocycles. The summed E-state index contributed by atoms with van der Waals surface area (Å²) in [5.74, 6) is 1.12. The molecule has 1 amide bonds. The number of amides is 1. The number of pyridine rings is 1. The van der Waals surface area contributed by atoms with Gasteiger partial charge in [0.05, 0.1) is 17.9 Å². The number of carbonyl (C=O) groups excluding carboxylic acids is 1. The van der Waals surface area contributed by atoms with Gasteiger partial charge in [-0.05, 0) is 46.5 Å². The van der Waals surface area contributed by atoms with Crippen LogP contribution in [0, 0.1) is 0 Å². The van der Waals surface area contributed by atoms with E-state index < -0.39 is 0 Å². The largest absolute Gasteiger partial charge is 0.383 e. The van der Waals surface area contributed by atoms with Crippen LogP contribution < -0.4 is 4.90 Å². The summed E-state index contributed by atoms with van der Waals surface area (Å²) in [5.41, 5.74) is 2.61. The Labute approximate surface area is 168 Å². The number of aromatic nitrogens is 2. The maximum atomic E-state index is 13.1.